The third-order valence-electron chi connectivity index (χ3n) is 4.51. The van der Waals surface area contributed by atoms with Crippen molar-refractivity contribution in [3.8, 4) is 5.75 Å². The van der Waals surface area contributed by atoms with E-state index in [1.807, 2.05) is 0 Å². The Balaban J connectivity index is 1.51. The summed E-state index contributed by atoms with van der Waals surface area (Å²) in [5.74, 6) is 0.415. The summed E-state index contributed by atoms with van der Waals surface area (Å²) < 4.78 is 7.09. The van der Waals surface area contributed by atoms with Gasteiger partial charge in [0, 0.05) is 17.8 Å². The molecule has 1 heterocycles. The van der Waals surface area contributed by atoms with Gasteiger partial charge in [0.05, 0.1) is 6.61 Å². The fourth-order valence-electron chi connectivity index (χ4n) is 3.11. The number of carboxylic acids is 1. The van der Waals surface area contributed by atoms with Crippen LogP contribution in [0.1, 0.15) is 42.5 Å². The van der Waals surface area contributed by atoms with Crippen LogP contribution in [0.15, 0.2) is 36.5 Å². The van der Waals surface area contributed by atoms with Crippen LogP contribution in [-0.4, -0.2) is 33.4 Å². The lowest BCUT2D eigenvalue weighted by Crippen LogP contribution is -2.15. The van der Waals surface area contributed by atoms with Gasteiger partial charge in [-0.15, -0.1) is 0 Å². The van der Waals surface area contributed by atoms with Crippen molar-refractivity contribution in [1.82, 2.24) is 9.78 Å². The zero-order chi connectivity index (χ0) is 18.4. The summed E-state index contributed by atoms with van der Waals surface area (Å²) in [6.07, 6.45) is 7.87. The summed E-state index contributed by atoms with van der Waals surface area (Å²) in [6, 6.07) is 8.56. The Kier molecular flexibility index (Phi) is 5.88. The number of hydrogen-bond donors (Lipinski definition) is 2. The van der Waals surface area contributed by atoms with Crippen molar-refractivity contribution >= 4 is 17.7 Å². The van der Waals surface area contributed by atoms with Crippen molar-refractivity contribution in [3.05, 3.63) is 42.1 Å². The summed E-state index contributed by atoms with van der Waals surface area (Å²) >= 11 is 0. The number of amides is 1. The van der Waals surface area contributed by atoms with Gasteiger partial charge in [-0.05, 0) is 43.0 Å². The van der Waals surface area contributed by atoms with Gasteiger partial charge in [0.1, 0.15) is 12.3 Å². The van der Waals surface area contributed by atoms with Crippen molar-refractivity contribution in [1.29, 1.82) is 0 Å². The number of hydrogen-bond acceptors (Lipinski definition) is 4. The summed E-state index contributed by atoms with van der Waals surface area (Å²) in [5.41, 5.74) is 0.489. The third-order valence-corrected chi connectivity index (χ3v) is 4.51. The van der Waals surface area contributed by atoms with Crippen LogP contribution in [0, 0.1) is 5.92 Å². The molecule has 0 aliphatic heterocycles. The molecule has 0 atom stereocenters. The molecule has 1 fully saturated rings. The van der Waals surface area contributed by atoms with E-state index in [1.54, 1.807) is 30.3 Å². The first-order chi connectivity index (χ1) is 12.6. The predicted molar refractivity (Wildman–Crippen MR) is 96.3 cm³/mol. The minimum atomic E-state index is -0.991. The van der Waals surface area contributed by atoms with E-state index in [1.165, 1.54) is 43.0 Å². The fraction of sp³-hybridized carbons (Fsp3) is 0.421. The van der Waals surface area contributed by atoms with Crippen LogP contribution in [0.4, 0.5) is 5.82 Å². The lowest BCUT2D eigenvalue weighted by Gasteiger charge is -2.21. The van der Waals surface area contributed by atoms with Gasteiger partial charge in [0.2, 0.25) is 0 Å². The van der Waals surface area contributed by atoms with E-state index in [0.717, 1.165) is 12.4 Å². The number of nitrogens with zero attached hydrogens (tertiary/aromatic N) is 2. The summed E-state index contributed by atoms with van der Waals surface area (Å²) in [4.78, 5) is 22.9. The van der Waals surface area contributed by atoms with E-state index < -0.39 is 5.97 Å². The van der Waals surface area contributed by atoms with Gasteiger partial charge < -0.3 is 15.2 Å². The van der Waals surface area contributed by atoms with Crippen molar-refractivity contribution in [2.75, 3.05) is 11.9 Å². The van der Waals surface area contributed by atoms with Crippen LogP contribution >= 0.6 is 0 Å². The minimum absolute atomic E-state index is 0.247. The molecular weight excluding hydrogens is 334 g/mol. The Labute approximate surface area is 152 Å². The summed E-state index contributed by atoms with van der Waals surface area (Å²) in [6.45, 7) is 0.482. The van der Waals surface area contributed by atoms with Crippen LogP contribution in [0.25, 0.3) is 0 Å². The zero-order valence-electron chi connectivity index (χ0n) is 14.6. The molecule has 1 aromatic carbocycles. The number of anilines is 1. The standard InChI is InChI=1S/C19H23N3O4/c23-18(24)12-22-11-10-17(21-22)20-19(25)15-6-8-16(9-7-15)26-13-14-4-2-1-3-5-14/h6-11,14H,1-5,12-13H2,(H,23,24)(H,20,21,25). The quantitative estimate of drug-likeness (QED) is 0.794. The van der Waals surface area contributed by atoms with Crippen LogP contribution < -0.4 is 10.1 Å². The molecule has 1 amide bonds. The normalized spacial score (nSPS) is 14.8. The first-order valence-corrected chi connectivity index (χ1v) is 8.89. The van der Waals surface area contributed by atoms with E-state index in [0.29, 0.717) is 17.3 Å². The Bertz CT molecular complexity index is 748. The highest BCUT2D eigenvalue weighted by Crippen LogP contribution is 2.24. The molecule has 7 nitrogen and oxygen atoms in total. The molecule has 7 heteroatoms. The van der Waals surface area contributed by atoms with Gasteiger partial charge in [0.15, 0.2) is 5.82 Å². The molecule has 2 N–H and O–H groups in total. The average molecular weight is 357 g/mol. The molecule has 138 valence electrons. The highest BCUT2D eigenvalue weighted by Gasteiger charge is 2.14. The predicted octanol–water partition coefficient (Wildman–Crippen LogP) is 3.18. The molecule has 0 bridgehead atoms. The molecule has 0 saturated heterocycles. The monoisotopic (exact) mass is 357 g/mol. The number of nitrogens with one attached hydrogen (secondary N) is 1. The largest absolute Gasteiger partial charge is 0.493 e. The second-order valence-corrected chi connectivity index (χ2v) is 6.59. The minimum Gasteiger partial charge on any atom is -0.493 e. The molecule has 2 aromatic rings. The molecule has 3 rings (SSSR count). The Morgan fingerprint density at radius 3 is 2.58 bits per heavy atom. The molecule has 1 aliphatic rings. The lowest BCUT2D eigenvalue weighted by atomic mass is 9.90. The van der Waals surface area contributed by atoms with Gasteiger partial charge in [-0.25, -0.2) is 0 Å². The smallest absolute Gasteiger partial charge is 0.325 e. The number of aliphatic carboxylic acids is 1. The van der Waals surface area contributed by atoms with Gasteiger partial charge >= 0.3 is 5.97 Å². The molecular formula is C19H23N3O4. The molecule has 0 unspecified atom stereocenters. The molecule has 1 saturated carbocycles. The van der Waals surface area contributed by atoms with Crippen LogP contribution in [0.3, 0.4) is 0 Å². The van der Waals surface area contributed by atoms with Gasteiger partial charge in [-0.3, -0.25) is 14.3 Å². The first kappa shape index (κ1) is 18.0. The van der Waals surface area contributed by atoms with E-state index in [2.05, 4.69) is 10.4 Å². The molecule has 26 heavy (non-hydrogen) atoms. The molecule has 0 spiro atoms. The first-order valence-electron chi connectivity index (χ1n) is 8.89. The Hall–Kier alpha value is -2.83. The van der Waals surface area contributed by atoms with Crippen molar-refractivity contribution in [2.24, 2.45) is 5.92 Å². The number of carboxylic acid groups (broad SMARTS) is 1. The topological polar surface area (TPSA) is 93.5 Å². The maximum Gasteiger partial charge on any atom is 0.325 e. The zero-order valence-corrected chi connectivity index (χ0v) is 14.6. The molecule has 0 radical (unpaired) electrons. The lowest BCUT2D eigenvalue weighted by molar-refractivity contribution is -0.137. The van der Waals surface area contributed by atoms with Crippen LogP contribution in [-0.2, 0) is 11.3 Å². The van der Waals surface area contributed by atoms with Crippen molar-refractivity contribution in [2.45, 2.75) is 38.6 Å². The highest BCUT2D eigenvalue weighted by atomic mass is 16.5. The third kappa shape index (κ3) is 5.08. The maximum absolute atomic E-state index is 12.2. The van der Waals surface area contributed by atoms with Crippen LogP contribution in [0.5, 0.6) is 5.75 Å². The number of aromatic nitrogens is 2. The van der Waals surface area contributed by atoms with E-state index >= 15 is 0 Å². The van der Waals surface area contributed by atoms with E-state index in [4.69, 9.17) is 9.84 Å². The van der Waals surface area contributed by atoms with E-state index in [-0.39, 0.29) is 12.5 Å². The number of carbonyl (C=O) groups is 2. The van der Waals surface area contributed by atoms with Crippen molar-refractivity contribution < 1.29 is 19.4 Å². The van der Waals surface area contributed by atoms with E-state index in [9.17, 15) is 9.59 Å². The number of ether oxygens (including phenoxy) is 1. The average Bonchev–Trinajstić information content (AvgIpc) is 3.07. The van der Waals surface area contributed by atoms with Gasteiger partial charge in [-0.1, -0.05) is 19.3 Å². The Morgan fingerprint density at radius 2 is 1.88 bits per heavy atom. The highest BCUT2D eigenvalue weighted by molar-refractivity contribution is 6.03. The number of benzene rings is 1. The van der Waals surface area contributed by atoms with Gasteiger partial charge in [0.25, 0.3) is 5.91 Å². The fourth-order valence-corrected chi connectivity index (χ4v) is 3.11. The van der Waals surface area contributed by atoms with Gasteiger partial charge in [-0.2, -0.15) is 5.10 Å². The maximum atomic E-state index is 12.2. The summed E-state index contributed by atoms with van der Waals surface area (Å²) in [5, 5.41) is 15.4. The second kappa shape index (κ2) is 8.51. The summed E-state index contributed by atoms with van der Waals surface area (Å²) in [7, 11) is 0. The Morgan fingerprint density at radius 1 is 1.15 bits per heavy atom. The second-order valence-electron chi connectivity index (χ2n) is 6.59. The number of rotatable bonds is 7. The molecule has 1 aliphatic carbocycles. The van der Waals surface area contributed by atoms with Crippen LogP contribution in [0.2, 0.25) is 0 Å². The molecule has 1 aromatic heterocycles. The van der Waals surface area contributed by atoms with Crippen molar-refractivity contribution in [3.63, 3.8) is 0 Å². The SMILES string of the molecule is O=C(O)Cn1ccc(NC(=O)c2ccc(OCC3CCCCC3)cc2)n1. The number of carbonyl (C=O) groups excluding carboxylic acids is 1.